The maximum Gasteiger partial charge on any atom is 0.125 e. The maximum atomic E-state index is 5.65. The van der Waals surface area contributed by atoms with Crippen LogP contribution in [0.3, 0.4) is 0 Å². The minimum absolute atomic E-state index is 0.306. The number of rotatable bonds is 5. The number of hydrogen-bond acceptors (Lipinski definition) is 4. The summed E-state index contributed by atoms with van der Waals surface area (Å²) >= 11 is 0. The quantitative estimate of drug-likeness (QED) is 0.848. The van der Waals surface area contributed by atoms with Crippen LogP contribution in [0.25, 0.3) is 0 Å². The van der Waals surface area contributed by atoms with Gasteiger partial charge in [-0.15, -0.1) is 0 Å². The fourth-order valence-electron chi connectivity index (χ4n) is 2.33. The highest BCUT2D eigenvalue weighted by Gasteiger charge is 2.18. The third-order valence-corrected chi connectivity index (χ3v) is 3.30. The first-order chi connectivity index (χ1) is 8.29. The van der Waals surface area contributed by atoms with Crippen molar-refractivity contribution in [3.63, 3.8) is 0 Å². The van der Waals surface area contributed by atoms with E-state index in [0.717, 1.165) is 31.0 Å². The van der Waals surface area contributed by atoms with E-state index in [1.54, 1.807) is 0 Å². The maximum absolute atomic E-state index is 5.65. The third kappa shape index (κ3) is 3.48. The Morgan fingerprint density at radius 3 is 3.12 bits per heavy atom. The van der Waals surface area contributed by atoms with Crippen LogP contribution in [-0.4, -0.2) is 29.7 Å². The molecule has 0 spiro atoms. The first-order valence-corrected chi connectivity index (χ1v) is 6.38. The number of nitrogens with zero attached hydrogens (tertiary/aromatic N) is 2. The summed E-state index contributed by atoms with van der Waals surface area (Å²) in [5, 5.41) is 3.32. The standard InChI is InChI=1S/C13H21N3O/c1-10-15-8-7-13(16-10)12(14-2)6-5-11-4-3-9-17-11/h7-8,11-12,14H,3-6,9H2,1-2H3. The lowest BCUT2D eigenvalue weighted by atomic mass is 10.0. The Kier molecular flexibility index (Phi) is 4.45. The van der Waals surface area contributed by atoms with Gasteiger partial charge < -0.3 is 10.1 Å². The van der Waals surface area contributed by atoms with Gasteiger partial charge in [0.1, 0.15) is 5.82 Å². The van der Waals surface area contributed by atoms with E-state index in [9.17, 15) is 0 Å². The lowest BCUT2D eigenvalue weighted by molar-refractivity contribution is 0.0997. The molecule has 0 amide bonds. The predicted molar refractivity (Wildman–Crippen MR) is 66.8 cm³/mol. The van der Waals surface area contributed by atoms with Crippen LogP contribution >= 0.6 is 0 Å². The van der Waals surface area contributed by atoms with Crippen LogP contribution in [0.4, 0.5) is 0 Å². The van der Waals surface area contributed by atoms with Crippen molar-refractivity contribution in [2.45, 2.75) is 44.8 Å². The third-order valence-electron chi connectivity index (χ3n) is 3.30. The van der Waals surface area contributed by atoms with Crippen molar-refractivity contribution in [3.8, 4) is 0 Å². The van der Waals surface area contributed by atoms with E-state index in [2.05, 4.69) is 15.3 Å². The Morgan fingerprint density at radius 2 is 2.47 bits per heavy atom. The minimum Gasteiger partial charge on any atom is -0.378 e. The van der Waals surface area contributed by atoms with Crippen molar-refractivity contribution in [2.24, 2.45) is 0 Å². The Hall–Kier alpha value is -1.00. The molecule has 0 saturated carbocycles. The topological polar surface area (TPSA) is 47.0 Å². The predicted octanol–water partition coefficient (Wildman–Crippen LogP) is 2.00. The number of nitrogens with one attached hydrogen (secondary N) is 1. The molecule has 94 valence electrons. The van der Waals surface area contributed by atoms with Crippen LogP contribution < -0.4 is 5.32 Å². The van der Waals surface area contributed by atoms with Gasteiger partial charge in [0, 0.05) is 18.8 Å². The smallest absolute Gasteiger partial charge is 0.125 e. The van der Waals surface area contributed by atoms with Gasteiger partial charge in [-0.3, -0.25) is 0 Å². The second-order valence-corrected chi connectivity index (χ2v) is 4.58. The molecule has 2 heterocycles. The molecule has 1 fully saturated rings. The summed E-state index contributed by atoms with van der Waals surface area (Å²) in [6.07, 6.45) is 6.87. The second kappa shape index (κ2) is 6.07. The Labute approximate surface area is 103 Å². The largest absolute Gasteiger partial charge is 0.378 e. The molecular weight excluding hydrogens is 214 g/mol. The lowest BCUT2D eigenvalue weighted by Gasteiger charge is -2.17. The fraction of sp³-hybridized carbons (Fsp3) is 0.692. The molecule has 4 heteroatoms. The molecule has 2 rings (SSSR count). The highest BCUT2D eigenvalue weighted by Crippen LogP contribution is 2.22. The molecule has 1 saturated heterocycles. The van der Waals surface area contributed by atoms with Crippen LogP contribution in [0.5, 0.6) is 0 Å². The number of aromatic nitrogens is 2. The number of ether oxygens (including phenoxy) is 1. The Bertz CT molecular complexity index is 350. The molecule has 1 aliphatic rings. The van der Waals surface area contributed by atoms with Crippen molar-refractivity contribution < 1.29 is 4.74 Å². The molecule has 0 bridgehead atoms. The van der Waals surface area contributed by atoms with E-state index in [1.807, 2.05) is 26.2 Å². The summed E-state index contributed by atoms with van der Waals surface area (Å²) in [4.78, 5) is 8.61. The van der Waals surface area contributed by atoms with Gasteiger partial charge in [0.15, 0.2) is 0 Å². The Morgan fingerprint density at radius 1 is 1.59 bits per heavy atom. The molecule has 2 unspecified atom stereocenters. The van der Waals surface area contributed by atoms with Gasteiger partial charge in [0.25, 0.3) is 0 Å². The highest BCUT2D eigenvalue weighted by molar-refractivity contribution is 5.07. The van der Waals surface area contributed by atoms with Gasteiger partial charge >= 0.3 is 0 Å². The van der Waals surface area contributed by atoms with Crippen LogP contribution in [-0.2, 0) is 4.74 Å². The Balaban J connectivity index is 1.91. The van der Waals surface area contributed by atoms with Crippen LogP contribution in [0.1, 0.15) is 43.2 Å². The zero-order chi connectivity index (χ0) is 12.1. The summed E-state index contributed by atoms with van der Waals surface area (Å²) in [6.45, 7) is 2.86. The van der Waals surface area contributed by atoms with E-state index in [-0.39, 0.29) is 0 Å². The molecule has 2 atom stereocenters. The van der Waals surface area contributed by atoms with Gasteiger partial charge in [-0.2, -0.15) is 0 Å². The minimum atomic E-state index is 0.306. The van der Waals surface area contributed by atoms with E-state index < -0.39 is 0 Å². The second-order valence-electron chi connectivity index (χ2n) is 4.58. The van der Waals surface area contributed by atoms with E-state index in [0.29, 0.717) is 12.1 Å². The summed E-state index contributed by atoms with van der Waals surface area (Å²) in [7, 11) is 1.98. The molecule has 4 nitrogen and oxygen atoms in total. The molecule has 0 aliphatic carbocycles. The van der Waals surface area contributed by atoms with Gasteiger partial charge in [-0.1, -0.05) is 0 Å². The normalized spacial score (nSPS) is 21.6. The van der Waals surface area contributed by atoms with E-state index >= 15 is 0 Å². The fourth-order valence-corrected chi connectivity index (χ4v) is 2.33. The van der Waals surface area contributed by atoms with Crippen LogP contribution in [0, 0.1) is 6.92 Å². The highest BCUT2D eigenvalue weighted by atomic mass is 16.5. The van der Waals surface area contributed by atoms with Gasteiger partial charge in [0.2, 0.25) is 0 Å². The molecule has 1 aromatic heterocycles. The summed E-state index contributed by atoms with van der Waals surface area (Å²) in [5.41, 5.74) is 1.08. The monoisotopic (exact) mass is 235 g/mol. The average Bonchev–Trinajstić information content (AvgIpc) is 2.83. The van der Waals surface area contributed by atoms with E-state index in [1.165, 1.54) is 12.8 Å². The zero-order valence-electron chi connectivity index (χ0n) is 10.6. The first-order valence-electron chi connectivity index (χ1n) is 6.38. The van der Waals surface area contributed by atoms with Crippen molar-refractivity contribution in [2.75, 3.05) is 13.7 Å². The molecule has 1 aliphatic heterocycles. The summed E-state index contributed by atoms with van der Waals surface area (Å²) < 4.78 is 5.65. The van der Waals surface area contributed by atoms with Gasteiger partial charge in [0.05, 0.1) is 11.8 Å². The molecule has 1 N–H and O–H groups in total. The number of aryl methyl sites for hydroxylation is 1. The van der Waals surface area contributed by atoms with Crippen LogP contribution in [0.2, 0.25) is 0 Å². The molecule has 0 aromatic carbocycles. The SMILES string of the molecule is CNC(CCC1CCCO1)c1ccnc(C)n1. The molecule has 17 heavy (non-hydrogen) atoms. The molecular formula is C13H21N3O. The van der Waals surface area contributed by atoms with Gasteiger partial charge in [-0.25, -0.2) is 9.97 Å². The van der Waals surface area contributed by atoms with Gasteiger partial charge in [-0.05, 0) is 45.7 Å². The lowest BCUT2D eigenvalue weighted by Crippen LogP contribution is -2.20. The average molecular weight is 235 g/mol. The van der Waals surface area contributed by atoms with Crippen LogP contribution in [0.15, 0.2) is 12.3 Å². The van der Waals surface area contributed by atoms with Crippen molar-refractivity contribution in [1.82, 2.24) is 15.3 Å². The molecule has 0 radical (unpaired) electrons. The van der Waals surface area contributed by atoms with Crippen molar-refractivity contribution in [3.05, 3.63) is 23.8 Å². The zero-order valence-corrected chi connectivity index (χ0v) is 10.6. The van der Waals surface area contributed by atoms with Crippen molar-refractivity contribution >= 4 is 0 Å². The first kappa shape index (κ1) is 12.5. The van der Waals surface area contributed by atoms with E-state index in [4.69, 9.17) is 4.74 Å². The van der Waals surface area contributed by atoms with Crippen molar-refractivity contribution in [1.29, 1.82) is 0 Å². The molecule has 1 aromatic rings. The summed E-state index contributed by atoms with van der Waals surface area (Å²) in [6, 6.07) is 2.30. The number of hydrogen-bond donors (Lipinski definition) is 1. The summed E-state index contributed by atoms with van der Waals surface area (Å²) in [5.74, 6) is 0.833.